The minimum Gasteiger partial charge on any atom is -0.466 e. The van der Waals surface area contributed by atoms with E-state index in [-0.39, 0.29) is 28.5 Å². The van der Waals surface area contributed by atoms with Crippen LogP contribution < -0.4 is 9.44 Å². The fourth-order valence-electron chi connectivity index (χ4n) is 3.26. The summed E-state index contributed by atoms with van der Waals surface area (Å²) in [4.78, 5) is 21.7. The van der Waals surface area contributed by atoms with Gasteiger partial charge in [-0.1, -0.05) is 42.5 Å². The molecule has 0 spiro atoms. The smallest absolute Gasteiger partial charge is 0.307 e. The highest BCUT2D eigenvalue weighted by atomic mass is 32.2. The average Bonchev–Trinajstić information content (AvgIpc) is 2.84. The van der Waals surface area contributed by atoms with E-state index in [0.29, 0.717) is 5.56 Å². The first-order valence-electron chi connectivity index (χ1n) is 10.6. The summed E-state index contributed by atoms with van der Waals surface area (Å²) in [5.74, 6) is -0.590. The normalized spacial score (nSPS) is 12.5. The minimum atomic E-state index is -4.25. The summed E-state index contributed by atoms with van der Waals surface area (Å²) in [6.45, 7) is 1.78. The third-order valence-electron chi connectivity index (χ3n) is 4.91. The van der Waals surface area contributed by atoms with Gasteiger partial charge in [0, 0.05) is 12.1 Å². The first-order valence-corrected chi connectivity index (χ1v) is 13.6. The molecular formula is C23H23N3O8S2. The molecule has 0 aliphatic rings. The van der Waals surface area contributed by atoms with Crippen LogP contribution in [-0.4, -0.2) is 34.3 Å². The standard InChI is InChI=1S/C23H23N3O8S2/c1-2-34-23(27)16-22(17-8-4-3-5-9-17)25-36(32,33)20-12-6-10-18(14-20)24-35(30,31)21-13-7-11-19(15-21)26(28)29/h3-15,22,24-25H,2,16H2,1H3. The third kappa shape index (κ3) is 6.87. The van der Waals surface area contributed by atoms with E-state index in [1.807, 2.05) is 0 Å². The molecule has 0 aliphatic carbocycles. The fourth-order valence-corrected chi connectivity index (χ4v) is 5.62. The van der Waals surface area contributed by atoms with E-state index in [0.717, 1.165) is 18.2 Å². The Kier molecular flexibility index (Phi) is 8.40. The second-order valence-electron chi connectivity index (χ2n) is 7.48. The number of nitrogens with one attached hydrogen (secondary N) is 2. The maximum Gasteiger partial charge on any atom is 0.307 e. The average molecular weight is 534 g/mol. The highest BCUT2D eigenvalue weighted by molar-refractivity contribution is 7.92. The van der Waals surface area contributed by atoms with Crippen LogP contribution >= 0.6 is 0 Å². The van der Waals surface area contributed by atoms with Crippen LogP contribution in [0.3, 0.4) is 0 Å². The van der Waals surface area contributed by atoms with Crippen molar-refractivity contribution in [1.29, 1.82) is 0 Å². The maximum absolute atomic E-state index is 13.1. The molecule has 0 aliphatic heterocycles. The maximum atomic E-state index is 13.1. The summed E-state index contributed by atoms with van der Waals surface area (Å²) < 4.78 is 61.4. The zero-order valence-electron chi connectivity index (χ0n) is 19.0. The lowest BCUT2D eigenvalue weighted by Crippen LogP contribution is -2.30. The third-order valence-corrected chi connectivity index (χ3v) is 7.76. The van der Waals surface area contributed by atoms with Crippen molar-refractivity contribution in [3.63, 3.8) is 0 Å². The lowest BCUT2D eigenvalue weighted by Gasteiger charge is -2.19. The highest BCUT2D eigenvalue weighted by Gasteiger charge is 2.25. The van der Waals surface area contributed by atoms with E-state index >= 15 is 0 Å². The van der Waals surface area contributed by atoms with E-state index in [1.54, 1.807) is 37.3 Å². The monoisotopic (exact) mass is 533 g/mol. The summed E-state index contributed by atoms with van der Waals surface area (Å²) in [7, 11) is -8.46. The summed E-state index contributed by atoms with van der Waals surface area (Å²) >= 11 is 0. The van der Waals surface area contributed by atoms with E-state index in [9.17, 15) is 31.7 Å². The van der Waals surface area contributed by atoms with Gasteiger partial charge in [0.1, 0.15) is 0 Å². The number of hydrogen-bond donors (Lipinski definition) is 2. The van der Waals surface area contributed by atoms with Gasteiger partial charge in [0.05, 0.1) is 39.5 Å². The van der Waals surface area contributed by atoms with Gasteiger partial charge in [-0.3, -0.25) is 19.6 Å². The van der Waals surface area contributed by atoms with E-state index in [4.69, 9.17) is 4.74 Å². The van der Waals surface area contributed by atoms with E-state index < -0.39 is 42.7 Å². The van der Waals surface area contributed by atoms with Gasteiger partial charge < -0.3 is 4.74 Å². The Labute approximate surface area is 208 Å². The van der Waals surface area contributed by atoms with Gasteiger partial charge in [-0.2, -0.15) is 0 Å². The molecule has 0 radical (unpaired) electrons. The van der Waals surface area contributed by atoms with Crippen LogP contribution in [0, 0.1) is 10.1 Å². The van der Waals surface area contributed by atoms with Crippen LogP contribution in [-0.2, 0) is 29.6 Å². The number of rotatable bonds is 11. The Morgan fingerprint density at radius 1 is 0.917 bits per heavy atom. The van der Waals surface area contributed by atoms with Crippen LogP contribution in [0.5, 0.6) is 0 Å². The largest absolute Gasteiger partial charge is 0.466 e. The van der Waals surface area contributed by atoms with Gasteiger partial charge in [-0.15, -0.1) is 0 Å². The van der Waals surface area contributed by atoms with Gasteiger partial charge in [0.15, 0.2) is 0 Å². The SMILES string of the molecule is CCOC(=O)CC(NS(=O)(=O)c1cccc(NS(=O)(=O)c2cccc([N+](=O)[O-])c2)c1)c1ccccc1. The molecule has 190 valence electrons. The first-order chi connectivity index (χ1) is 17.0. The van der Waals surface area contributed by atoms with E-state index in [2.05, 4.69) is 9.44 Å². The van der Waals surface area contributed by atoms with Gasteiger partial charge in [-0.05, 0) is 36.8 Å². The van der Waals surface area contributed by atoms with Crippen molar-refractivity contribution in [3.05, 3.63) is 94.5 Å². The Morgan fingerprint density at radius 3 is 2.19 bits per heavy atom. The van der Waals surface area contributed by atoms with Crippen molar-refractivity contribution >= 4 is 37.4 Å². The number of anilines is 1. The van der Waals surface area contributed by atoms with Gasteiger partial charge in [0.25, 0.3) is 15.7 Å². The predicted octanol–water partition coefficient (Wildman–Crippen LogP) is 3.37. The van der Waals surface area contributed by atoms with Gasteiger partial charge in [-0.25, -0.2) is 21.6 Å². The van der Waals surface area contributed by atoms with Crippen LogP contribution in [0.15, 0.2) is 88.7 Å². The summed E-state index contributed by atoms with van der Waals surface area (Å²) in [5, 5.41) is 11.0. The number of esters is 1. The Bertz CT molecular complexity index is 1460. The fraction of sp³-hybridized carbons (Fsp3) is 0.174. The Hall–Kier alpha value is -3.81. The lowest BCUT2D eigenvalue weighted by atomic mass is 10.1. The summed E-state index contributed by atoms with van der Waals surface area (Å²) in [5.41, 5.74) is 0.0506. The van der Waals surface area contributed by atoms with Crippen LogP contribution in [0.1, 0.15) is 24.9 Å². The number of nitrogens with zero attached hydrogens (tertiary/aromatic N) is 1. The van der Waals surface area contributed by atoms with Crippen molar-refractivity contribution in [3.8, 4) is 0 Å². The zero-order chi connectivity index (χ0) is 26.3. The molecule has 0 amide bonds. The molecule has 11 nitrogen and oxygen atoms in total. The Morgan fingerprint density at radius 2 is 1.56 bits per heavy atom. The molecule has 0 heterocycles. The van der Waals surface area contributed by atoms with Gasteiger partial charge in [0.2, 0.25) is 10.0 Å². The minimum absolute atomic E-state index is 0.0777. The number of ether oxygens (including phenoxy) is 1. The van der Waals surface area contributed by atoms with Gasteiger partial charge >= 0.3 is 5.97 Å². The second-order valence-corrected chi connectivity index (χ2v) is 10.9. The molecule has 0 fully saturated rings. The number of carbonyl (C=O) groups excluding carboxylic acids is 1. The van der Waals surface area contributed by atoms with Crippen molar-refractivity contribution in [1.82, 2.24) is 4.72 Å². The number of carbonyl (C=O) groups is 1. The first kappa shape index (κ1) is 26.8. The summed E-state index contributed by atoms with van der Waals surface area (Å²) in [6, 6.07) is 17.0. The topological polar surface area (TPSA) is 162 Å². The molecule has 1 unspecified atom stereocenters. The number of non-ortho nitro benzene ring substituents is 1. The number of benzene rings is 3. The molecule has 0 aromatic heterocycles. The molecule has 13 heteroatoms. The molecule has 0 saturated carbocycles. The zero-order valence-corrected chi connectivity index (χ0v) is 20.7. The highest BCUT2D eigenvalue weighted by Crippen LogP contribution is 2.25. The molecular weight excluding hydrogens is 510 g/mol. The molecule has 2 N–H and O–H groups in total. The van der Waals surface area contributed by atoms with Crippen molar-refractivity contribution < 1.29 is 31.3 Å². The molecule has 0 saturated heterocycles. The van der Waals surface area contributed by atoms with Crippen molar-refractivity contribution in [2.24, 2.45) is 0 Å². The van der Waals surface area contributed by atoms with Crippen LogP contribution in [0.25, 0.3) is 0 Å². The molecule has 3 rings (SSSR count). The molecule has 0 bridgehead atoms. The molecule has 36 heavy (non-hydrogen) atoms. The van der Waals surface area contributed by atoms with Crippen LogP contribution in [0.2, 0.25) is 0 Å². The van der Waals surface area contributed by atoms with Crippen molar-refractivity contribution in [2.75, 3.05) is 11.3 Å². The Balaban J connectivity index is 1.87. The summed E-state index contributed by atoms with van der Waals surface area (Å²) in [6.07, 6.45) is -0.254. The number of sulfonamides is 2. The second kappa shape index (κ2) is 11.3. The molecule has 1 atom stereocenters. The van der Waals surface area contributed by atoms with Crippen LogP contribution in [0.4, 0.5) is 11.4 Å². The van der Waals surface area contributed by atoms with Crippen molar-refractivity contribution in [2.45, 2.75) is 29.2 Å². The molecule has 3 aromatic carbocycles. The number of hydrogen-bond acceptors (Lipinski definition) is 8. The lowest BCUT2D eigenvalue weighted by molar-refractivity contribution is -0.385. The quantitative estimate of drug-likeness (QED) is 0.215. The van der Waals surface area contributed by atoms with E-state index in [1.165, 1.54) is 30.3 Å². The number of nitro groups is 1. The molecule has 3 aromatic rings. The number of nitro benzene ring substituents is 1. The predicted molar refractivity (Wildman–Crippen MR) is 131 cm³/mol.